The summed E-state index contributed by atoms with van der Waals surface area (Å²) < 4.78 is 1.60. The van der Waals surface area contributed by atoms with E-state index in [4.69, 9.17) is 5.26 Å². The first kappa shape index (κ1) is 4.78. The Balaban J connectivity index is 2.67. The van der Waals surface area contributed by atoms with Gasteiger partial charge in [-0.25, -0.2) is 0 Å². The van der Waals surface area contributed by atoms with E-state index in [1.165, 1.54) is 12.7 Å². The predicted molar refractivity (Wildman–Crippen MR) is 25.6 cm³/mol. The van der Waals surface area contributed by atoms with Crippen molar-refractivity contribution in [2.75, 3.05) is 0 Å². The van der Waals surface area contributed by atoms with E-state index in [0.29, 0.717) is 6.54 Å². The van der Waals surface area contributed by atoms with Crippen LogP contribution in [0.25, 0.3) is 0 Å². The lowest BCUT2D eigenvalue weighted by Crippen LogP contribution is -1.88. The van der Waals surface area contributed by atoms with Crippen LogP contribution in [0.15, 0.2) is 12.7 Å². The molecule has 0 radical (unpaired) electrons. The van der Waals surface area contributed by atoms with Crippen LogP contribution in [0.4, 0.5) is 0 Å². The van der Waals surface area contributed by atoms with E-state index >= 15 is 0 Å². The van der Waals surface area contributed by atoms with Gasteiger partial charge in [-0.2, -0.15) is 5.26 Å². The van der Waals surface area contributed by atoms with Crippen LogP contribution in [-0.2, 0) is 6.54 Å². The van der Waals surface area contributed by atoms with E-state index in [1.54, 1.807) is 4.57 Å². The second-order valence-corrected chi connectivity index (χ2v) is 1.29. The molecule has 0 spiro atoms. The van der Waals surface area contributed by atoms with E-state index in [-0.39, 0.29) is 0 Å². The molecule has 0 aromatic carbocycles. The van der Waals surface area contributed by atoms with E-state index < -0.39 is 0 Å². The highest BCUT2D eigenvalue weighted by atomic mass is 15.2. The second-order valence-electron chi connectivity index (χ2n) is 1.29. The predicted octanol–water partition coefficient (Wildman–Crippen LogP) is -0.198. The summed E-state index contributed by atoms with van der Waals surface area (Å²) in [6.45, 7) is 0.326. The third-order valence-electron chi connectivity index (χ3n) is 0.720. The Morgan fingerprint density at radius 3 is 2.62 bits per heavy atom. The minimum atomic E-state index is 0.326. The summed E-state index contributed by atoms with van der Waals surface area (Å²) in [5.41, 5.74) is 0. The maximum Gasteiger partial charge on any atom is 0.120 e. The van der Waals surface area contributed by atoms with Crippen LogP contribution in [-0.4, -0.2) is 14.8 Å². The normalized spacial score (nSPS) is 8.38. The fourth-order valence-electron chi connectivity index (χ4n) is 0.385. The summed E-state index contributed by atoms with van der Waals surface area (Å²) in [7, 11) is 0. The maximum atomic E-state index is 8.11. The SMILES string of the molecule is N#CCn1cnnc1. The van der Waals surface area contributed by atoms with Crippen LogP contribution in [0.5, 0.6) is 0 Å². The Hall–Kier alpha value is -1.37. The monoisotopic (exact) mass is 108 g/mol. The van der Waals surface area contributed by atoms with Crippen molar-refractivity contribution in [3.8, 4) is 6.07 Å². The van der Waals surface area contributed by atoms with Crippen molar-refractivity contribution in [1.82, 2.24) is 14.8 Å². The zero-order chi connectivity index (χ0) is 5.82. The first-order valence-corrected chi connectivity index (χ1v) is 2.13. The molecule has 0 fully saturated rings. The van der Waals surface area contributed by atoms with Crippen LogP contribution >= 0.6 is 0 Å². The van der Waals surface area contributed by atoms with Crippen LogP contribution in [0.1, 0.15) is 0 Å². The number of nitriles is 1. The van der Waals surface area contributed by atoms with Crippen LogP contribution in [0.3, 0.4) is 0 Å². The maximum absolute atomic E-state index is 8.11. The van der Waals surface area contributed by atoms with E-state index in [9.17, 15) is 0 Å². The molecule has 0 saturated carbocycles. The molecule has 0 atom stereocenters. The van der Waals surface area contributed by atoms with Crippen LogP contribution in [0.2, 0.25) is 0 Å². The summed E-state index contributed by atoms with van der Waals surface area (Å²) in [5, 5.41) is 15.1. The Labute approximate surface area is 46.4 Å². The summed E-state index contributed by atoms with van der Waals surface area (Å²) in [4.78, 5) is 0. The third-order valence-corrected chi connectivity index (χ3v) is 0.720. The standard InChI is InChI=1S/C4H4N4/c5-1-2-8-3-6-7-4-8/h3-4H,2H2. The van der Waals surface area contributed by atoms with Crippen molar-refractivity contribution in [2.24, 2.45) is 0 Å². The highest BCUT2D eigenvalue weighted by molar-refractivity contribution is 4.73. The topological polar surface area (TPSA) is 54.5 Å². The molecule has 1 rings (SSSR count). The lowest BCUT2D eigenvalue weighted by atomic mass is 10.7. The molecule has 0 saturated heterocycles. The fourth-order valence-corrected chi connectivity index (χ4v) is 0.385. The molecule has 0 bridgehead atoms. The summed E-state index contributed by atoms with van der Waals surface area (Å²) in [6, 6.07) is 1.95. The lowest BCUT2D eigenvalue weighted by Gasteiger charge is -1.83. The third kappa shape index (κ3) is 0.819. The Kier molecular flexibility index (Phi) is 1.24. The highest BCUT2D eigenvalue weighted by Gasteiger charge is 1.82. The zero-order valence-corrected chi connectivity index (χ0v) is 4.15. The van der Waals surface area contributed by atoms with Gasteiger partial charge >= 0.3 is 0 Å². The molecule has 0 aliphatic heterocycles. The van der Waals surface area contributed by atoms with Gasteiger partial charge in [-0.05, 0) is 0 Å². The van der Waals surface area contributed by atoms with E-state index in [2.05, 4.69) is 10.2 Å². The van der Waals surface area contributed by atoms with Gasteiger partial charge in [0.15, 0.2) is 0 Å². The average molecular weight is 108 g/mol. The summed E-state index contributed by atoms with van der Waals surface area (Å²) >= 11 is 0. The van der Waals surface area contributed by atoms with Crippen molar-refractivity contribution in [2.45, 2.75) is 6.54 Å². The number of hydrogen-bond donors (Lipinski definition) is 0. The largest absolute Gasteiger partial charge is 0.306 e. The van der Waals surface area contributed by atoms with Crippen molar-refractivity contribution < 1.29 is 0 Å². The van der Waals surface area contributed by atoms with Gasteiger partial charge in [0.1, 0.15) is 19.2 Å². The van der Waals surface area contributed by atoms with Gasteiger partial charge in [-0.1, -0.05) is 0 Å². The number of rotatable bonds is 1. The Bertz CT molecular complexity index is 182. The first-order chi connectivity index (χ1) is 3.93. The van der Waals surface area contributed by atoms with Gasteiger partial charge in [-0.3, -0.25) is 0 Å². The molecule has 0 aliphatic carbocycles. The zero-order valence-electron chi connectivity index (χ0n) is 4.15. The van der Waals surface area contributed by atoms with Crippen molar-refractivity contribution >= 4 is 0 Å². The van der Waals surface area contributed by atoms with Gasteiger partial charge < -0.3 is 4.57 Å². The number of hydrogen-bond acceptors (Lipinski definition) is 3. The molecule has 1 heterocycles. The number of nitrogens with zero attached hydrogens (tertiary/aromatic N) is 4. The average Bonchev–Trinajstić information content (AvgIpc) is 2.19. The minimum absolute atomic E-state index is 0.326. The molecule has 1 aromatic heterocycles. The molecule has 0 aliphatic rings. The minimum Gasteiger partial charge on any atom is -0.306 e. The van der Waals surface area contributed by atoms with Gasteiger partial charge in [0.05, 0.1) is 6.07 Å². The van der Waals surface area contributed by atoms with Crippen molar-refractivity contribution in [3.05, 3.63) is 12.7 Å². The lowest BCUT2D eigenvalue weighted by molar-refractivity contribution is 0.827. The summed E-state index contributed by atoms with van der Waals surface area (Å²) in [6.07, 6.45) is 3.01. The molecule has 0 N–H and O–H groups in total. The van der Waals surface area contributed by atoms with Gasteiger partial charge in [-0.15, -0.1) is 10.2 Å². The van der Waals surface area contributed by atoms with Gasteiger partial charge in [0.25, 0.3) is 0 Å². The molecule has 0 unspecified atom stereocenters. The fraction of sp³-hybridized carbons (Fsp3) is 0.250. The molecule has 1 aromatic rings. The van der Waals surface area contributed by atoms with Crippen LogP contribution < -0.4 is 0 Å². The molecule has 0 amide bonds. The number of aromatic nitrogens is 3. The van der Waals surface area contributed by atoms with Gasteiger partial charge in [0.2, 0.25) is 0 Å². The molecule has 4 nitrogen and oxygen atoms in total. The Morgan fingerprint density at radius 2 is 2.12 bits per heavy atom. The summed E-state index contributed by atoms with van der Waals surface area (Å²) in [5.74, 6) is 0. The quantitative estimate of drug-likeness (QED) is 0.500. The second kappa shape index (κ2) is 2.07. The molecule has 40 valence electrons. The highest BCUT2D eigenvalue weighted by Crippen LogP contribution is 1.77. The molecule has 8 heavy (non-hydrogen) atoms. The van der Waals surface area contributed by atoms with Crippen LogP contribution in [0, 0.1) is 11.3 Å². The smallest absolute Gasteiger partial charge is 0.120 e. The molecule has 4 heteroatoms. The van der Waals surface area contributed by atoms with Gasteiger partial charge in [0, 0.05) is 0 Å². The van der Waals surface area contributed by atoms with E-state index in [0.717, 1.165) is 0 Å². The van der Waals surface area contributed by atoms with E-state index in [1.807, 2.05) is 6.07 Å². The van der Waals surface area contributed by atoms with Crippen molar-refractivity contribution in [3.63, 3.8) is 0 Å². The molecular formula is C4H4N4. The first-order valence-electron chi connectivity index (χ1n) is 2.13. The van der Waals surface area contributed by atoms with Crippen molar-refractivity contribution in [1.29, 1.82) is 5.26 Å². The Morgan fingerprint density at radius 1 is 1.50 bits per heavy atom. The molecular weight excluding hydrogens is 104 g/mol.